The van der Waals surface area contributed by atoms with Crippen LogP contribution in [0.3, 0.4) is 0 Å². The number of H-pyrrole nitrogens is 1. The molecule has 1 aliphatic rings. The second-order valence-corrected chi connectivity index (χ2v) is 7.04. The van der Waals surface area contributed by atoms with Gasteiger partial charge in [-0.15, -0.1) is 0 Å². The van der Waals surface area contributed by atoms with Gasteiger partial charge in [-0.2, -0.15) is 0 Å². The fraction of sp³-hybridized carbons (Fsp3) is 0.400. The second kappa shape index (κ2) is 9.22. The Labute approximate surface area is 168 Å². The first-order valence-corrected chi connectivity index (χ1v) is 9.48. The summed E-state index contributed by atoms with van der Waals surface area (Å²) in [4.78, 5) is 47.2. The van der Waals surface area contributed by atoms with Crippen LogP contribution in [0.2, 0.25) is 0 Å². The first-order valence-electron chi connectivity index (χ1n) is 9.48. The summed E-state index contributed by atoms with van der Waals surface area (Å²) < 4.78 is 5.38. The maximum Gasteiger partial charge on any atom is 0.410 e. The van der Waals surface area contributed by atoms with Crippen molar-refractivity contribution in [1.82, 2.24) is 19.8 Å². The maximum absolute atomic E-state index is 13.2. The van der Waals surface area contributed by atoms with Crippen LogP contribution in [0, 0.1) is 0 Å². The van der Waals surface area contributed by atoms with E-state index in [1.54, 1.807) is 6.20 Å². The lowest BCUT2D eigenvalue weighted by molar-refractivity contribution is -0.141. The Morgan fingerprint density at radius 2 is 2.10 bits per heavy atom. The largest absolute Gasteiger partial charge is 0.445 e. The van der Waals surface area contributed by atoms with Gasteiger partial charge in [0.15, 0.2) is 0 Å². The average Bonchev–Trinajstić information content (AvgIpc) is 3.42. The monoisotopic (exact) mass is 399 g/mol. The lowest BCUT2D eigenvalue weighted by Gasteiger charge is -2.32. The van der Waals surface area contributed by atoms with E-state index in [-0.39, 0.29) is 18.9 Å². The van der Waals surface area contributed by atoms with Crippen LogP contribution in [0.1, 0.15) is 24.1 Å². The zero-order valence-corrected chi connectivity index (χ0v) is 16.3. The van der Waals surface area contributed by atoms with E-state index < -0.39 is 24.1 Å². The van der Waals surface area contributed by atoms with Crippen molar-refractivity contribution < 1.29 is 19.1 Å². The Bertz CT molecular complexity index is 840. The summed E-state index contributed by atoms with van der Waals surface area (Å²) in [5.41, 5.74) is 7.00. The molecule has 3 N–H and O–H groups in total. The van der Waals surface area contributed by atoms with Gasteiger partial charge in [-0.3, -0.25) is 14.5 Å². The first kappa shape index (κ1) is 20.4. The number of nitrogens with zero attached hydrogens (tertiary/aromatic N) is 3. The highest BCUT2D eigenvalue weighted by molar-refractivity contribution is 5.91. The third-order valence-corrected chi connectivity index (χ3v) is 5.08. The van der Waals surface area contributed by atoms with Crippen LogP contribution >= 0.6 is 0 Å². The standard InChI is InChI=1S/C20H25N5O4/c1-24(20(28)29-12-14-6-3-2-4-7-14)17(10-15-11-22-13-23-15)19(27)25-9-5-8-16(25)18(21)26/h2-4,6-7,11,13,16-17H,5,8-10,12H2,1H3,(H2,21,26)(H,22,23)/t16-,17-/m0/s1. The fourth-order valence-corrected chi connectivity index (χ4v) is 3.46. The molecule has 0 saturated carbocycles. The Morgan fingerprint density at radius 3 is 2.76 bits per heavy atom. The van der Waals surface area contributed by atoms with E-state index in [0.29, 0.717) is 25.1 Å². The molecule has 1 fully saturated rings. The zero-order chi connectivity index (χ0) is 20.8. The Balaban J connectivity index is 1.74. The Morgan fingerprint density at radius 1 is 1.34 bits per heavy atom. The van der Waals surface area contributed by atoms with Crippen LogP contribution in [0.5, 0.6) is 0 Å². The van der Waals surface area contributed by atoms with Crippen molar-refractivity contribution in [3.8, 4) is 0 Å². The number of amides is 3. The van der Waals surface area contributed by atoms with Crippen molar-refractivity contribution in [2.75, 3.05) is 13.6 Å². The highest BCUT2D eigenvalue weighted by atomic mass is 16.6. The summed E-state index contributed by atoms with van der Waals surface area (Å²) in [6.45, 7) is 0.529. The SMILES string of the molecule is CN(C(=O)OCc1ccccc1)[C@@H](Cc1cnc[nH]1)C(=O)N1CCC[C@H]1C(N)=O. The molecule has 1 aromatic carbocycles. The lowest BCUT2D eigenvalue weighted by atomic mass is 10.1. The molecule has 9 nitrogen and oxygen atoms in total. The van der Waals surface area contributed by atoms with Gasteiger partial charge in [0.2, 0.25) is 11.8 Å². The minimum Gasteiger partial charge on any atom is -0.445 e. The summed E-state index contributed by atoms with van der Waals surface area (Å²) in [7, 11) is 1.52. The second-order valence-electron chi connectivity index (χ2n) is 7.04. The highest BCUT2D eigenvalue weighted by Crippen LogP contribution is 2.21. The van der Waals surface area contributed by atoms with Crippen LogP contribution in [0.15, 0.2) is 42.9 Å². The molecule has 0 spiro atoms. The predicted octanol–water partition coefficient (Wildman–Crippen LogP) is 1.07. The predicted molar refractivity (Wildman–Crippen MR) is 104 cm³/mol. The summed E-state index contributed by atoms with van der Waals surface area (Å²) >= 11 is 0. The molecule has 154 valence electrons. The van der Waals surface area contributed by atoms with Gasteiger partial charge in [0.1, 0.15) is 18.7 Å². The molecule has 2 heterocycles. The third kappa shape index (κ3) is 4.92. The number of hydrogen-bond acceptors (Lipinski definition) is 5. The molecule has 1 aliphatic heterocycles. The molecule has 29 heavy (non-hydrogen) atoms. The molecule has 3 rings (SSSR count). The number of benzene rings is 1. The van der Waals surface area contributed by atoms with E-state index in [0.717, 1.165) is 5.56 Å². The molecular formula is C20H25N5O4. The smallest absolute Gasteiger partial charge is 0.410 e. The molecule has 2 atom stereocenters. The van der Waals surface area contributed by atoms with E-state index in [1.807, 2.05) is 30.3 Å². The normalized spacial score (nSPS) is 17.0. The lowest BCUT2D eigenvalue weighted by Crippen LogP contribution is -2.54. The van der Waals surface area contributed by atoms with Gasteiger partial charge in [-0.25, -0.2) is 9.78 Å². The van der Waals surface area contributed by atoms with Gasteiger partial charge in [-0.1, -0.05) is 30.3 Å². The minimum atomic E-state index is -0.848. The van der Waals surface area contributed by atoms with Crippen molar-refractivity contribution in [3.05, 3.63) is 54.1 Å². The van der Waals surface area contributed by atoms with E-state index in [2.05, 4.69) is 9.97 Å². The van der Waals surface area contributed by atoms with Gasteiger partial charge in [0.25, 0.3) is 0 Å². The van der Waals surface area contributed by atoms with E-state index in [1.165, 1.54) is 23.2 Å². The number of nitrogens with one attached hydrogen (secondary N) is 1. The van der Waals surface area contributed by atoms with Gasteiger partial charge in [0, 0.05) is 31.9 Å². The van der Waals surface area contributed by atoms with E-state index in [4.69, 9.17) is 10.5 Å². The van der Waals surface area contributed by atoms with Gasteiger partial charge < -0.3 is 20.4 Å². The Hall–Kier alpha value is -3.36. The molecule has 3 amide bonds. The summed E-state index contributed by atoms with van der Waals surface area (Å²) in [6.07, 6.45) is 3.92. The number of likely N-dealkylation sites (tertiary alicyclic amines) is 1. The molecule has 0 bridgehead atoms. The highest BCUT2D eigenvalue weighted by Gasteiger charge is 2.39. The van der Waals surface area contributed by atoms with Crippen molar-refractivity contribution in [1.29, 1.82) is 0 Å². The molecule has 1 aromatic heterocycles. The molecule has 0 radical (unpaired) electrons. The molecule has 9 heteroatoms. The molecule has 0 aliphatic carbocycles. The van der Waals surface area contributed by atoms with Crippen LogP contribution in [0.25, 0.3) is 0 Å². The van der Waals surface area contributed by atoms with Crippen LogP contribution in [0.4, 0.5) is 4.79 Å². The number of imidazole rings is 1. The zero-order valence-electron chi connectivity index (χ0n) is 16.3. The number of likely N-dealkylation sites (N-methyl/N-ethyl adjacent to an activating group) is 1. The number of aromatic nitrogens is 2. The summed E-state index contributed by atoms with van der Waals surface area (Å²) in [5, 5.41) is 0. The van der Waals surface area contributed by atoms with E-state index in [9.17, 15) is 14.4 Å². The molecule has 1 saturated heterocycles. The number of carbonyl (C=O) groups is 3. The van der Waals surface area contributed by atoms with Gasteiger partial charge >= 0.3 is 6.09 Å². The van der Waals surface area contributed by atoms with E-state index >= 15 is 0 Å². The minimum absolute atomic E-state index is 0.0998. The molecule has 2 aromatic rings. The quantitative estimate of drug-likeness (QED) is 0.721. The number of hydrogen-bond donors (Lipinski definition) is 2. The summed E-state index contributed by atoms with van der Waals surface area (Å²) in [6, 6.07) is 7.79. The van der Waals surface area contributed by atoms with Crippen LogP contribution in [-0.2, 0) is 27.4 Å². The number of nitrogens with two attached hydrogens (primary N) is 1. The summed E-state index contributed by atoms with van der Waals surface area (Å²) in [5.74, 6) is -0.870. The third-order valence-electron chi connectivity index (χ3n) is 5.08. The first-order chi connectivity index (χ1) is 14.0. The van der Waals surface area contributed by atoms with Crippen molar-refractivity contribution >= 4 is 17.9 Å². The number of primary amides is 1. The number of rotatable bonds is 7. The fourth-order valence-electron chi connectivity index (χ4n) is 3.46. The Kier molecular flexibility index (Phi) is 6.48. The molecular weight excluding hydrogens is 374 g/mol. The topological polar surface area (TPSA) is 122 Å². The van der Waals surface area contributed by atoms with Crippen LogP contribution in [-0.4, -0.2) is 63.4 Å². The van der Waals surface area contributed by atoms with Crippen molar-refractivity contribution in [2.24, 2.45) is 5.73 Å². The van der Waals surface area contributed by atoms with Crippen molar-refractivity contribution in [3.63, 3.8) is 0 Å². The van der Waals surface area contributed by atoms with Crippen LogP contribution < -0.4 is 5.73 Å². The molecule has 0 unspecified atom stereocenters. The number of aromatic amines is 1. The average molecular weight is 399 g/mol. The van der Waals surface area contributed by atoms with Gasteiger partial charge in [-0.05, 0) is 18.4 Å². The maximum atomic E-state index is 13.2. The number of carbonyl (C=O) groups excluding carboxylic acids is 3. The van der Waals surface area contributed by atoms with Gasteiger partial charge in [0.05, 0.1) is 6.33 Å². The number of ether oxygens (including phenoxy) is 1. The van der Waals surface area contributed by atoms with Crippen molar-refractivity contribution in [2.45, 2.75) is 38.0 Å².